The van der Waals surface area contributed by atoms with E-state index in [2.05, 4.69) is 19.9 Å². The van der Waals surface area contributed by atoms with Gasteiger partial charge in [0, 0.05) is 0 Å². The molecule has 0 aliphatic carbocycles. The van der Waals surface area contributed by atoms with E-state index in [0.29, 0.717) is 0 Å². The van der Waals surface area contributed by atoms with Gasteiger partial charge in [-0.05, 0) is 12.8 Å². The van der Waals surface area contributed by atoms with Crippen molar-refractivity contribution < 1.29 is 9.90 Å². The van der Waals surface area contributed by atoms with Crippen LogP contribution in [-0.4, -0.2) is 11.1 Å². The van der Waals surface area contributed by atoms with Gasteiger partial charge in [-0.25, -0.2) is 0 Å². The zero-order valence-electron chi connectivity index (χ0n) is 7.71. The van der Waals surface area contributed by atoms with E-state index < -0.39 is 5.97 Å². The van der Waals surface area contributed by atoms with Gasteiger partial charge in [0.25, 0.3) is 0 Å². The van der Waals surface area contributed by atoms with Crippen molar-refractivity contribution in [3.63, 3.8) is 0 Å². The van der Waals surface area contributed by atoms with Gasteiger partial charge < -0.3 is 5.11 Å². The predicted molar refractivity (Wildman–Crippen MR) is 50.1 cm³/mol. The molecule has 0 unspecified atom stereocenters. The minimum absolute atomic E-state index is 0.112. The van der Waals surface area contributed by atoms with Gasteiger partial charge >= 0.3 is 5.97 Å². The number of aliphatic carboxylic acids is 1. The van der Waals surface area contributed by atoms with Crippen molar-refractivity contribution in [1.29, 1.82) is 0 Å². The summed E-state index contributed by atoms with van der Waals surface area (Å²) in [4.78, 5) is 10.2. The zero-order chi connectivity index (χ0) is 9.40. The van der Waals surface area contributed by atoms with Crippen LogP contribution in [0.4, 0.5) is 0 Å². The highest BCUT2D eigenvalue weighted by molar-refractivity contribution is 5.68. The van der Waals surface area contributed by atoms with Gasteiger partial charge in [0.1, 0.15) is 0 Å². The maximum atomic E-state index is 10.2. The lowest BCUT2D eigenvalue weighted by molar-refractivity contribution is -0.135. The van der Waals surface area contributed by atoms with Crippen molar-refractivity contribution in [2.45, 2.75) is 33.1 Å². The van der Waals surface area contributed by atoms with Crippen LogP contribution in [0.15, 0.2) is 23.8 Å². The van der Waals surface area contributed by atoms with Crippen molar-refractivity contribution in [2.75, 3.05) is 0 Å². The van der Waals surface area contributed by atoms with Gasteiger partial charge in [0.2, 0.25) is 0 Å². The highest BCUT2D eigenvalue weighted by Crippen LogP contribution is 2.04. The highest BCUT2D eigenvalue weighted by atomic mass is 16.4. The summed E-state index contributed by atoms with van der Waals surface area (Å²) in [5.74, 6) is -0.779. The number of carboxylic acids is 1. The molecule has 0 atom stereocenters. The van der Waals surface area contributed by atoms with Crippen LogP contribution < -0.4 is 0 Å². The lowest BCUT2D eigenvalue weighted by atomic mass is 10.1. The van der Waals surface area contributed by atoms with Crippen LogP contribution in [0.25, 0.3) is 0 Å². The molecule has 0 bridgehead atoms. The van der Waals surface area contributed by atoms with E-state index in [9.17, 15) is 4.79 Å². The topological polar surface area (TPSA) is 37.3 Å². The molecule has 0 aromatic carbocycles. The molecule has 0 aliphatic heterocycles. The Bertz CT molecular complexity index is 190. The van der Waals surface area contributed by atoms with Crippen molar-refractivity contribution in [1.82, 2.24) is 0 Å². The molecule has 0 spiro atoms. The molecule has 2 nitrogen and oxygen atoms in total. The molecule has 0 saturated carbocycles. The summed E-state index contributed by atoms with van der Waals surface area (Å²) >= 11 is 0. The maximum Gasteiger partial charge on any atom is 0.307 e. The fourth-order valence-electron chi connectivity index (χ4n) is 0.904. The van der Waals surface area contributed by atoms with E-state index in [0.717, 1.165) is 12.8 Å². The van der Waals surface area contributed by atoms with Crippen LogP contribution >= 0.6 is 0 Å². The first-order chi connectivity index (χ1) is 5.70. The summed E-state index contributed by atoms with van der Waals surface area (Å²) in [7, 11) is 0. The summed E-state index contributed by atoms with van der Waals surface area (Å²) in [6.07, 6.45) is 7.76. The van der Waals surface area contributed by atoms with Crippen LogP contribution in [-0.2, 0) is 4.79 Å². The highest BCUT2D eigenvalue weighted by Gasteiger charge is 1.90. The van der Waals surface area contributed by atoms with E-state index >= 15 is 0 Å². The third kappa shape index (κ3) is 5.71. The first-order valence-corrected chi connectivity index (χ1v) is 4.28. The first-order valence-electron chi connectivity index (χ1n) is 4.28. The van der Waals surface area contributed by atoms with E-state index in [1.165, 1.54) is 5.57 Å². The first kappa shape index (κ1) is 11.0. The molecule has 0 saturated heterocycles. The fourth-order valence-corrected chi connectivity index (χ4v) is 0.904. The quantitative estimate of drug-likeness (QED) is 0.641. The molecular weight excluding hydrogens is 152 g/mol. The van der Waals surface area contributed by atoms with Crippen LogP contribution in [0.2, 0.25) is 0 Å². The molecule has 68 valence electrons. The third-order valence-electron chi connectivity index (χ3n) is 1.50. The molecule has 0 fully saturated rings. The van der Waals surface area contributed by atoms with Gasteiger partial charge in [0.15, 0.2) is 0 Å². The second kappa shape index (κ2) is 6.65. The Hall–Kier alpha value is -1.05. The second-order valence-electron chi connectivity index (χ2n) is 2.54. The number of hydrogen-bond acceptors (Lipinski definition) is 1. The Morgan fingerprint density at radius 1 is 1.42 bits per heavy atom. The van der Waals surface area contributed by atoms with Gasteiger partial charge in [-0.3, -0.25) is 4.79 Å². The third-order valence-corrected chi connectivity index (χ3v) is 1.50. The van der Waals surface area contributed by atoms with Crippen molar-refractivity contribution in [3.05, 3.63) is 23.8 Å². The van der Waals surface area contributed by atoms with E-state index in [1.54, 1.807) is 6.08 Å². The molecule has 0 radical (unpaired) electrons. The van der Waals surface area contributed by atoms with E-state index in [4.69, 9.17) is 5.11 Å². The lowest BCUT2D eigenvalue weighted by Crippen LogP contribution is -1.89. The molecular formula is C10H16O2. The smallest absolute Gasteiger partial charge is 0.307 e. The average molecular weight is 168 g/mol. The van der Waals surface area contributed by atoms with Gasteiger partial charge in [-0.1, -0.05) is 37.6 Å². The van der Waals surface area contributed by atoms with Crippen LogP contribution in [0.1, 0.15) is 33.1 Å². The molecule has 1 N–H and O–H groups in total. The maximum absolute atomic E-state index is 10.2. The summed E-state index contributed by atoms with van der Waals surface area (Å²) < 4.78 is 0. The number of carboxylic acid groups (broad SMARTS) is 1. The van der Waals surface area contributed by atoms with Crippen molar-refractivity contribution in [3.8, 4) is 0 Å². The number of carbonyl (C=O) groups is 1. The normalized spacial score (nSPS) is 12.3. The molecule has 2 heteroatoms. The summed E-state index contributed by atoms with van der Waals surface area (Å²) in [6.45, 7) is 4.13. The van der Waals surface area contributed by atoms with E-state index in [1.807, 2.05) is 6.08 Å². The van der Waals surface area contributed by atoms with Gasteiger partial charge in [-0.2, -0.15) is 0 Å². The van der Waals surface area contributed by atoms with Crippen LogP contribution in [0.5, 0.6) is 0 Å². The van der Waals surface area contributed by atoms with Crippen LogP contribution in [0.3, 0.4) is 0 Å². The van der Waals surface area contributed by atoms with Gasteiger partial charge in [0.05, 0.1) is 6.42 Å². The van der Waals surface area contributed by atoms with E-state index in [-0.39, 0.29) is 6.42 Å². The Balaban J connectivity index is 3.93. The summed E-state index contributed by atoms with van der Waals surface area (Å²) in [5, 5.41) is 8.36. The Morgan fingerprint density at radius 3 is 2.50 bits per heavy atom. The fraction of sp³-hybridized carbons (Fsp3) is 0.500. The Morgan fingerprint density at radius 2 is 2.08 bits per heavy atom. The molecule has 12 heavy (non-hydrogen) atoms. The molecule has 0 rings (SSSR count). The number of allylic oxidation sites excluding steroid dienone is 3. The Labute approximate surface area is 73.6 Å². The SMILES string of the molecule is CC/C=C(/C=C/CC(=O)O)CC. The molecule has 0 heterocycles. The van der Waals surface area contributed by atoms with Crippen LogP contribution in [0, 0.1) is 0 Å². The predicted octanol–water partition coefficient (Wildman–Crippen LogP) is 2.76. The van der Waals surface area contributed by atoms with Gasteiger partial charge in [-0.15, -0.1) is 0 Å². The lowest BCUT2D eigenvalue weighted by Gasteiger charge is -1.94. The number of hydrogen-bond donors (Lipinski definition) is 1. The minimum atomic E-state index is -0.779. The summed E-state index contributed by atoms with van der Waals surface area (Å²) in [6, 6.07) is 0. The average Bonchev–Trinajstić information content (AvgIpc) is 2.02. The van der Waals surface area contributed by atoms with Crippen molar-refractivity contribution >= 4 is 5.97 Å². The van der Waals surface area contributed by atoms with Crippen molar-refractivity contribution in [2.24, 2.45) is 0 Å². The molecule has 0 amide bonds. The second-order valence-corrected chi connectivity index (χ2v) is 2.54. The summed E-state index contributed by atoms with van der Waals surface area (Å²) in [5.41, 5.74) is 1.21. The molecule has 0 aliphatic rings. The zero-order valence-corrected chi connectivity index (χ0v) is 7.71. The minimum Gasteiger partial charge on any atom is -0.481 e. The monoisotopic (exact) mass is 168 g/mol. The molecule has 0 aromatic heterocycles. The molecule has 0 aromatic rings. The Kier molecular flexibility index (Phi) is 6.07. The number of rotatable bonds is 5. The standard InChI is InChI=1S/C10H16O2/c1-3-6-9(4-2)7-5-8-10(11)12/h5-7H,3-4,8H2,1-2H3,(H,11,12)/b7-5+,9-6+. The largest absolute Gasteiger partial charge is 0.481 e.